The van der Waals surface area contributed by atoms with Gasteiger partial charge in [-0.25, -0.2) is 9.97 Å². The fourth-order valence-corrected chi connectivity index (χ4v) is 2.18. The Hall–Kier alpha value is -3.26. The van der Waals surface area contributed by atoms with Crippen molar-refractivity contribution in [2.24, 2.45) is 0 Å². The summed E-state index contributed by atoms with van der Waals surface area (Å²) in [6.45, 7) is 0. The highest BCUT2D eigenvalue weighted by atomic mass is 35.5. The van der Waals surface area contributed by atoms with Crippen LogP contribution in [-0.2, 0) is 0 Å². The van der Waals surface area contributed by atoms with Gasteiger partial charge < -0.3 is 10.6 Å². The van der Waals surface area contributed by atoms with Gasteiger partial charge in [0.2, 0.25) is 11.6 Å². The maximum absolute atomic E-state index is 11.5. The Labute approximate surface area is 141 Å². The van der Waals surface area contributed by atoms with E-state index in [0.29, 0.717) is 16.4 Å². The maximum atomic E-state index is 11.5. The molecule has 0 saturated heterocycles. The van der Waals surface area contributed by atoms with Crippen molar-refractivity contribution in [1.82, 2.24) is 15.0 Å². The first-order valence-electron chi connectivity index (χ1n) is 6.83. The molecule has 3 aromatic rings. The lowest BCUT2D eigenvalue weighted by atomic mass is 10.3. The van der Waals surface area contributed by atoms with Crippen LogP contribution in [0.1, 0.15) is 0 Å². The highest BCUT2D eigenvalue weighted by molar-refractivity contribution is 6.33. The van der Waals surface area contributed by atoms with Crippen LogP contribution in [0.15, 0.2) is 55.1 Å². The Bertz CT molecular complexity index is 875. The molecular formula is C15H11ClN6O2. The molecule has 0 spiro atoms. The minimum Gasteiger partial charge on any atom is -0.334 e. The molecule has 9 heteroatoms. The third-order valence-corrected chi connectivity index (χ3v) is 3.40. The Morgan fingerprint density at radius 1 is 1.00 bits per heavy atom. The van der Waals surface area contributed by atoms with Crippen molar-refractivity contribution in [1.29, 1.82) is 0 Å². The molecule has 24 heavy (non-hydrogen) atoms. The van der Waals surface area contributed by atoms with E-state index in [1.165, 1.54) is 6.33 Å². The van der Waals surface area contributed by atoms with E-state index in [4.69, 9.17) is 11.6 Å². The molecule has 8 nitrogen and oxygen atoms in total. The molecule has 0 saturated carbocycles. The van der Waals surface area contributed by atoms with Gasteiger partial charge in [-0.15, -0.1) is 0 Å². The van der Waals surface area contributed by atoms with Gasteiger partial charge in [0.25, 0.3) is 0 Å². The van der Waals surface area contributed by atoms with Gasteiger partial charge in [-0.05, 0) is 24.3 Å². The summed E-state index contributed by atoms with van der Waals surface area (Å²) in [5, 5.41) is 17.7. The van der Waals surface area contributed by atoms with Crippen LogP contribution in [0, 0.1) is 10.1 Å². The second-order valence-electron chi connectivity index (χ2n) is 4.64. The van der Waals surface area contributed by atoms with Gasteiger partial charge >= 0.3 is 5.69 Å². The zero-order chi connectivity index (χ0) is 16.9. The summed E-state index contributed by atoms with van der Waals surface area (Å²) in [5.74, 6) is 0.107. The molecule has 3 rings (SSSR count). The topological polar surface area (TPSA) is 106 Å². The van der Waals surface area contributed by atoms with Crippen LogP contribution in [0.4, 0.5) is 28.7 Å². The fraction of sp³-hybridized carbons (Fsp3) is 0. The van der Waals surface area contributed by atoms with Crippen molar-refractivity contribution >= 4 is 40.3 Å². The van der Waals surface area contributed by atoms with E-state index in [9.17, 15) is 10.1 Å². The van der Waals surface area contributed by atoms with Crippen molar-refractivity contribution < 1.29 is 4.92 Å². The molecule has 0 radical (unpaired) electrons. The average molecular weight is 343 g/mol. The summed E-state index contributed by atoms with van der Waals surface area (Å²) in [5.41, 5.74) is 0.848. The number of nitrogens with zero attached hydrogens (tertiary/aromatic N) is 4. The third kappa shape index (κ3) is 3.39. The van der Waals surface area contributed by atoms with Gasteiger partial charge in [0.05, 0.1) is 15.6 Å². The molecule has 120 valence electrons. The second-order valence-corrected chi connectivity index (χ2v) is 5.05. The van der Waals surface area contributed by atoms with Crippen molar-refractivity contribution in [3.05, 3.63) is 70.3 Å². The van der Waals surface area contributed by atoms with E-state index in [-0.39, 0.29) is 17.3 Å². The smallest absolute Gasteiger partial charge is 0.334 e. The normalized spacial score (nSPS) is 10.2. The average Bonchev–Trinajstić information content (AvgIpc) is 2.58. The molecule has 0 fully saturated rings. The molecule has 0 unspecified atom stereocenters. The van der Waals surface area contributed by atoms with Crippen molar-refractivity contribution in [2.75, 3.05) is 10.6 Å². The Kier molecular flexibility index (Phi) is 4.48. The van der Waals surface area contributed by atoms with Crippen LogP contribution in [0.5, 0.6) is 0 Å². The first-order chi connectivity index (χ1) is 11.6. The number of benzene rings is 1. The summed E-state index contributed by atoms with van der Waals surface area (Å²) in [6, 6.07) is 10.2. The molecular weight excluding hydrogens is 332 g/mol. The molecule has 2 heterocycles. The van der Waals surface area contributed by atoms with Crippen LogP contribution < -0.4 is 10.6 Å². The van der Waals surface area contributed by atoms with Gasteiger partial charge in [0.1, 0.15) is 6.33 Å². The van der Waals surface area contributed by atoms with Crippen LogP contribution in [0.2, 0.25) is 5.02 Å². The lowest BCUT2D eigenvalue weighted by molar-refractivity contribution is -0.383. The standard InChI is InChI=1S/C15H11ClN6O2/c16-11-3-1-2-4-12(11)21-15-13(22(23)24)14(18-9-19-15)20-10-5-7-17-8-6-10/h1-9H,(H2,17,18,19,20,21). The third-order valence-electron chi connectivity index (χ3n) is 3.07. The van der Waals surface area contributed by atoms with Crippen molar-refractivity contribution in [3.8, 4) is 0 Å². The maximum Gasteiger partial charge on any atom is 0.353 e. The van der Waals surface area contributed by atoms with E-state index in [2.05, 4.69) is 25.6 Å². The monoisotopic (exact) mass is 342 g/mol. The number of nitrogens with one attached hydrogen (secondary N) is 2. The van der Waals surface area contributed by atoms with Gasteiger partial charge in [-0.3, -0.25) is 15.1 Å². The van der Waals surface area contributed by atoms with Crippen LogP contribution >= 0.6 is 11.6 Å². The molecule has 2 N–H and O–H groups in total. The summed E-state index contributed by atoms with van der Waals surface area (Å²) in [4.78, 5) is 22.8. The number of para-hydroxylation sites is 1. The molecule has 0 aliphatic carbocycles. The zero-order valence-electron chi connectivity index (χ0n) is 12.2. The lowest BCUT2D eigenvalue weighted by Crippen LogP contribution is -2.05. The minimum absolute atomic E-state index is 0.0413. The highest BCUT2D eigenvalue weighted by Crippen LogP contribution is 2.34. The van der Waals surface area contributed by atoms with E-state index < -0.39 is 4.92 Å². The van der Waals surface area contributed by atoms with E-state index in [1.807, 2.05) is 0 Å². The first kappa shape index (κ1) is 15.6. The van der Waals surface area contributed by atoms with Gasteiger partial charge in [0.15, 0.2) is 0 Å². The van der Waals surface area contributed by atoms with Gasteiger partial charge in [-0.2, -0.15) is 0 Å². The zero-order valence-corrected chi connectivity index (χ0v) is 12.9. The van der Waals surface area contributed by atoms with Crippen LogP contribution in [0.25, 0.3) is 0 Å². The summed E-state index contributed by atoms with van der Waals surface area (Å²) in [6.07, 6.45) is 4.37. The van der Waals surface area contributed by atoms with E-state index in [0.717, 1.165) is 0 Å². The van der Waals surface area contributed by atoms with Gasteiger partial charge in [0, 0.05) is 18.1 Å². The van der Waals surface area contributed by atoms with Gasteiger partial charge in [-0.1, -0.05) is 23.7 Å². The Morgan fingerprint density at radius 2 is 1.67 bits per heavy atom. The summed E-state index contributed by atoms with van der Waals surface area (Å²) < 4.78 is 0. The Morgan fingerprint density at radius 3 is 2.33 bits per heavy atom. The largest absolute Gasteiger partial charge is 0.353 e. The first-order valence-corrected chi connectivity index (χ1v) is 7.21. The fourth-order valence-electron chi connectivity index (χ4n) is 2.00. The summed E-state index contributed by atoms with van der Waals surface area (Å²) >= 11 is 6.08. The highest BCUT2D eigenvalue weighted by Gasteiger charge is 2.23. The molecule has 0 bridgehead atoms. The number of hydrogen-bond donors (Lipinski definition) is 2. The Balaban J connectivity index is 1.99. The minimum atomic E-state index is -0.553. The number of nitro groups is 1. The SMILES string of the molecule is O=[N+]([O-])c1c(Nc2ccncc2)ncnc1Nc1ccccc1Cl. The second kappa shape index (κ2) is 6.88. The van der Waals surface area contributed by atoms with E-state index in [1.54, 1.807) is 48.8 Å². The lowest BCUT2D eigenvalue weighted by Gasteiger charge is -2.10. The number of aromatic nitrogens is 3. The summed E-state index contributed by atoms with van der Waals surface area (Å²) in [7, 11) is 0. The molecule has 2 aromatic heterocycles. The molecule has 1 aromatic carbocycles. The van der Waals surface area contributed by atoms with Crippen molar-refractivity contribution in [3.63, 3.8) is 0 Å². The van der Waals surface area contributed by atoms with E-state index >= 15 is 0 Å². The molecule has 0 aliphatic rings. The number of rotatable bonds is 5. The molecule has 0 amide bonds. The molecule has 0 atom stereocenters. The van der Waals surface area contributed by atoms with Crippen LogP contribution in [-0.4, -0.2) is 19.9 Å². The number of hydrogen-bond acceptors (Lipinski definition) is 7. The van der Waals surface area contributed by atoms with Crippen molar-refractivity contribution in [2.45, 2.75) is 0 Å². The number of pyridine rings is 1. The quantitative estimate of drug-likeness (QED) is 0.534. The molecule has 0 aliphatic heterocycles. The predicted molar refractivity (Wildman–Crippen MR) is 90.9 cm³/mol. The number of halogens is 1. The van der Waals surface area contributed by atoms with Crippen LogP contribution in [0.3, 0.4) is 0 Å². The predicted octanol–water partition coefficient (Wildman–Crippen LogP) is 3.92. The number of anilines is 4.